The fourth-order valence-electron chi connectivity index (χ4n) is 4.45. The van der Waals surface area contributed by atoms with Gasteiger partial charge in [-0.05, 0) is 43.1 Å². The Bertz CT molecular complexity index is 942. The third-order valence-corrected chi connectivity index (χ3v) is 7.27. The molecule has 3 unspecified atom stereocenters. The highest BCUT2D eigenvalue weighted by atomic mass is 32.2. The Morgan fingerprint density at radius 2 is 1.88 bits per heavy atom. The summed E-state index contributed by atoms with van der Waals surface area (Å²) in [6.07, 6.45) is 7.98. The van der Waals surface area contributed by atoms with Gasteiger partial charge in [0.05, 0.1) is 39.3 Å². The molecule has 0 radical (unpaired) electrons. The molecular formula is C28H46N4O8S. The number of hydrogen-bond acceptors (Lipinski definition) is 10. The lowest BCUT2D eigenvalue weighted by molar-refractivity contribution is -0.151. The Kier molecular flexibility index (Phi) is 15.8. The van der Waals surface area contributed by atoms with Crippen LogP contribution in [0.2, 0.25) is 0 Å². The number of allylic oxidation sites excluding steroid dienone is 3. The van der Waals surface area contributed by atoms with Crippen LogP contribution >= 0.6 is 11.8 Å². The van der Waals surface area contributed by atoms with Gasteiger partial charge in [0.15, 0.2) is 0 Å². The molecule has 0 aromatic rings. The number of ether oxygens (including phenoxy) is 3. The predicted molar refractivity (Wildman–Crippen MR) is 156 cm³/mol. The number of esters is 1. The number of nitrogens with one attached hydrogen (secondary N) is 3. The molecule has 0 saturated carbocycles. The number of methoxy groups -OCH3 is 1. The first-order chi connectivity index (χ1) is 19.7. The Balaban J connectivity index is 2.02. The summed E-state index contributed by atoms with van der Waals surface area (Å²) in [6, 6.07) is -2.54. The number of aliphatic hydroxyl groups is 1. The largest absolute Gasteiger partial charge is 0.512 e. The first kappa shape index (κ1) is 34.6. The topological polar surface area (TPSA) is 156 Å². The van der Waals surface area contributed by atoms with Crippen molar-refractivity contribution in [1.29, 1.82) is 0 Å². The van der Waals surface area contributed by atoms with Crippen LogP contribution in [0.3, 0.4) is 0 Å². The highest BCUT2D eigenvalue weighted by molar-refractivity contribution is 7.98. The maximum atomic E-state index is 13.6. The van der Waals surface area contributed by atoms with E-state index in [9.17, 15) is 24.3 Å². The number of rotatable bonds is 17. The zero-order valence-electron chi connectivity index (χ0n) is 24.6. The molecule has 1 aliphatic heterocycles. The highest BCUT2D eigenvalue weighted by Gasteiger charge is 2.35. The number of nitrogens with zero attached hydrogens (tertiary/aromatic N) is 1. The van der Waals surface area contributed by atoms with E-state index in [-0.39, 0.29) is 37.0 Å². The van der Waals surface area contributed by atoms with E-state index < -0.39 is 35.9 Å². The molecular weight excluding hydrogens is 552 g/mol. The van der Waals surface area contributed by atoms with Crippen LogP contribution in [0, 0.1) is 5.92 Å². The van der Waals surface area contributed by atoms with Crippen molar-refractivity contribution >= 4 is 35.5 Å². The number of carbonyl (C=O) groups excluding carboxylic acids is 4. The van der Waals surface area contributed by atoms with Crippen LogP contribution in [0.4, 0.5) is 0 Å². The monoisotopic (exact) mass is 598 g/mol. The zero-order chi connectivity index (χ0) is 30.2. The van der Waals surface area contributed by atoms with Gasteiger partial charge in [0.1, 0.15) is 18.1 Å². The summed E-state index contributed by atoms with van der Waals surface area (Å²) < 4.78 is 15.7. The summed E-state index contributed by atoms with van der Waals surface area (Å²) in [7, 11) is 1.29. The fourth-order valence-corrected chi connectivity index (χ4v) is 4.73. The van der Waals surface area contributed by atoms with Crippen molar-refractivity contribution < 1.29 is 38.5 Å². The van der Waals surface area contributed by atoms with E-state index in [1.165, 1.54) is 12.1 Å². The molecule has 1 heterocycles. The smallest absolute Gasteiger partial charge is 0.324 e. The number of thioether (sulfide) groups is 1. The molecule has 2 rings (SSSR count). The third-order valence-electron chi connectivity index (χ3n) is 6.69. The Morgan fingerprint density at radius 1 is 1.15 bits per heavy atom. The molecule has 1 aliphatic carbocycles. The molecule has 41 heavy (non-hydrogen) atoms. The van der Waals surface area contributed by atoms with Crippen LogP contribution in [-0.2, 0) is 33.4 Å². The lowest BCUT2D eigenvalue weighted by Gasteiger charge is -2.35. The standard InChI is InChI=1S/C28H46N4O8S/c1-19(2)25(30-24(34)10-12-39-13-14-40-15-16-41-4)26(35)29-23(18-20-7-5-8-21(33)17-20)27(36)32-11-6-9-22(31-32)28(37)38-3/h7,17,19,22-23,25,31,33H,5-6,8-16,18H2,1-4H3,(H,29,35)(H,30,34). The molecule has 3 amide bonds. The van der Waals surface area contributed by atoms with Crippen molar-refractivity contribution in [2.75, 3.05) is 52.1 Å². The normalized spacial score (nSPS) is 18.7. The van der Waals surface area contributed by atoms with Gasteiger partial charge in [0, 0.05) is 31.6 Å². The van der Waals surface area contributed by atoms with Crippen LogP contribution in [0.15, 0.2) is 23.5 Å². The molecule has 13 heteroatoms. The fraction of sp³-hybridized carbons (Fsp3) is 0.714. The molecule has 4 N–H and O–H groups in total. The van der Waals surface area contributed by atoms with E-state index in [0.29, 0.717) is 57.6 Å². The van der Waals surface area contributed by atoms with Crippen LogP contribution in [0.5, 0.6) is 0 Å². The second kappa shape index (κ2) is 18.7. The average Bonchev–Trinajstić information content (AvgIpc) is 2.96. The molecule has 232 valence electrons. The van der Waals surface area contributed by atoms with E-state index in [4.69, 9.17) is 14.2 Å². The summed E-state index contributed by atoms with van der Waals surface area (Å²) in [5.74, 6) is -0.869. The lowest BCUT2D eigenvalue weighted by atomic mass is 9.97. The van der Waals surface area contributed by atoms with Gasteiger partial charge in [0.25, 0.3) is 5.91 Å². The Labute approximate surface area is 246 Å². The average molecular weight is 599 g/mol. The van der Waals surface area contributed by atoms with Gasteiger partial charge in [0.2, 0.25) is 11.8 Å². The summed E-state index contributed by atoms with van der Waals surface area (Å²) in [4.78, 5) is 51.7. The summed E-state index contributed by atoms with van der Waals surface area (Å²) in [5.41, 5.74) is 3.63. The maximum Gasteiger partial charge on any atom is 0.324 e. The van der Waals surface area contributed by atoms with Gasteiger partial charge in [-0.2, -0.15) is 11.8 Å². The van der Waals surface area contributed by atoms with Crippen LogP contribution < -0.4 is 16.1 Å². The molecule has 0 aromatic heterocycles. The minimum absolute atomic E-state index is 0.0766. The van der Waals surface area contributed by atoms with Crippen molar-refractivity contribution in [3.05, 3.63) is 23.5 Å². The van der Waals surface area contributed by atoms with Crippen molar-refractivity contribution in [3.8, 4) is 0 Å². The Hall–Kier alpha value is -2.61. The van der Waals surface area contributed by atoms with E-state index in [1.54, 1.807) is 31.7 Å². The van der Waals surface area contributed by atoms with E-state index in [2.05, 4.69) is 16.1 Å². The van der Waals surface area contributed by atoms with E-state index in [1.807, 2.05) is 12.3 Å². The number of carbonyl (C=O) groups is 4. The summed E-state index contributed by atoms with van der Waals surface area (Å²) in [5, 5.41) is 16.9. The second-order valence-electron chi connectivity index (χ2n) is 10.3. The first-order valence-electron chi connectivity index (χ1n) is 14.1. The first-order valence-corrected chi connectivity index (χ1v) is 15.5. The van der Waals surface area contributed by atoms with Crippen LogP contribution in [0.25, 0.3) is 0 Å². The predicted octanol–water partition coefficient (Wildman–Crippen LogP) is 1.62. The molecule has 3 atom stereocenters. The number of hydrazine groups is 1. The molecule has 0 spiro atoms. The number of hydrogen-bond donors (Lipinski definition) is 4. The highest BCUT2D eigenvalue weighted by Crippen LogP contribution is 2.21. The minimum Gasteiger partial charge on any atom is -0.512 e. The van der Waals surface area contributed by atoms with Gasteiger partial charge in [-0.1, -0.05) is 19.9 Å². The molecule has 1 saturated heterocycles. The SMILES string of the molecule is COC(=O)C1CCCN(C(=O)C(CC2=CCCC(O)=C2)NC(=O)C(NC(=O)CCOCCOCCSC)C(C)C)N1. The maximum absolute atomic E-state index is 13.6. The molecule has 0 bridgehead atoms. The molecule has 0 aromatic carbocycles. The van der Waals surface area contributed by atoms with Gasteiger partial charge >= 0.3 is 5.97 Å². The quantitative estimate of drug-likeness (QED) is 0.143. The van der Waals surface area contributed by atoms with Crippen LogP contribution in [0.1, 0.15) is 52.4 Å². The van der Waals surface area contributed by atoms with E-state index >= 15 is 0 Å². The number of aliphatic hydroxyl groups excluding tert-OH is 1. The second-order valence-corrected chi connectivity index (χ2v) is 11.3. The molecule has 2 aliphatic rings. The van der Waals surface area contributed by atoms with Crippen molar-refractivity contribution in [3.63, 3.8) is 0 Å². The number of amides is 3. The lowest BCUT2D eigenvalue weighted by Crippen LogP contribution is -2.61. The van der Waals surface area contributed by atoms with Gasteiger partial charge in [-0.3, -0.25) is 24.2 Å². The van der Waals surface area contributed by atoms with Gasteiger partial charge in [-0.25, -0.2) is 5.43 Å². The summed E-state index contributed by atoms with van der Waals surface area (Å²) >= 11 is 1.70. The Morgan fingerprint density at radius 3 is 2.54 bits per heavy atom. The van der Waals surface area contributed by atoms with Gasteiger partial charge in [-0.15, -0.1) is 0 Å². The third kappa shape index (κ3) is 12.4. The van der Waals surface area contributed by atoms with Crippen molar-refractivity contribution in [2.24, 2.45) is 5.92 Å². The van der Waals surface area contributed by atoms with Gasteiger partial charge < -0.3 is 30.0 Å². The minimum atomic E-state index is -0.993. The molecule has 12 nitrogen and oxygen atoms in total. The van der Waals surface area contributed by atoms with Crippen molar-refractivity contribution in [2.45, 2.75) is 70.5 Å². The summed E-state index contributed by atoms with van der Waals surface area (Å²) in [6.45, 7) is 5.63. The van der Waals surface area contributed by atoms with Crippen LogP contribution in [-0.4, -0.2) is 104 Å². The van der Waals surface area contributed by atoms with Crippen molar-refractivity contribution in [1.82, 2.24) is 21.1 Å². The van der Waals surface area contributed by atoms with E-state index in [0.717, 1.165) is 5.75 Å². The zero-order valence-corrected chi connectivity index (χ0v) is 25.4. The molecule has 1 fully saturated rings.